The van der Waals surface area contributed by atoms with Crippen molar-refractivity contribution in [3.63, 3.8) is 0 Å². The Kier molecular flexibility index (Phi) is 7.85. The fraction of sp³-hybridized carbons (Fsp3) is 0.0164. The molecule has 0 bridgehead atoms. The van der Waals surface area contributed by atoms with Gasteiger partial charge in [-0.3, -0.25) is 0 Å². The van der Waals surface area contributed by atoms with Crippen LogP contribution in [0.25, 0.3) is 54.6 Å². The summed E-state index contributed by atoms with van der Waals surface area (Å²) in [5.41, 5.74) is 16.6. The topological polar surface area (TPSA) is 6.48 Å². The fourth-order valence-corrected chi connectivity index (χ4v) is 11.2. The molecule has 0 saturated heterocycles. The van der Waals surface area contributed by atoms with E-state index >= 15 is 0 Å². The van der Waals surface area contributed by atoms with Crippen molar-refractivity contribution in [3.8, 4) is 22.3 Å². The van der Waals surface area contributed by atoms with Crippen LogP contribution in [0.4, 0.5) is 34.1 Å². The minimum absolute atomic E-state index is 0.602. The van der Waals surface area contributed by atoms with E-state index in [4.69, 9.17) is 0 Å². The second kappa shape index (κ2) is 13.9. The molecule has 0 fully saturated rings. The molecule has 13 rings (SSSR count). The van der Waals surface area contributed by atoms with E-state index in [0.717, 1.165) is 34.1 Å². The van der Waals surface area contributed by atoms with Gasteiger partial charge in [0.15, 0.2) is 0 Å². The van der Waals surface area contributed by atoms with Crippen LogP contribution in [0, 0.1) is 0 Å². The van der Waals surface area contributed by atoms with Crippen molar-refractivity contribution in [1.29, 1.82) is 0 Å². The van der Waals surface area contributed by atoms with Gasteiger partial charge in [-0.05, 0) is 104 Å². The average molecular weight is 801 g/mol. The zero-order valence-electron chi connectivity index (χ0n) is 34.5. The van der Waals surface area contributed by atoms with E-state index in [-0.39, 0.29) is 0 Å². The zero-order chi connectivity index (χ0) is 41.5. The quantitative estimate of drug-likeness (QED) is 0.165. The lowest BCUT2D eigenvalue weighted by molar-refractivity contribution is 0.794. The highest BCUT2D eigenvalue weighted by molar-refractivity contribution is 6.14. The largest absolute Gasteiger partial charge is 0.309 e. The molecule has 0 aromatic heterocycles. The molecule has 0 radical (unpaired) electrons. The second-order valence-electron chi connectivity index (χ2n) is 16.7. The molecule has 0 N–H and O–H groups in total. The summed E-state index contributed by atoms with van der Waals surface area (Å²) >= 11 is 0. The first-order chi connectivity index (χ1) is 31.3. The molecule has 0 aliphatic heterocycles. The predicted octanol–water partition coefficient (Wildman–Crippen LogP) is 16.4. The van der Waals surface area contributed by atoms with Gasteiger partial charge in [0.25, 0.3) is 0 Å². The summed E-state index contributed by atoms with van der Waals surface area (Å²) in [6, 6.07) is 89.7. The van der Waals surface area contributed by atoms with Crippen LogP contribution < -0.4 is 9.80 Å². The third-order valence-corrected chi connectivity index (χ3v) is 13.6. The lowest BCUT2D eigenvalue weighted by Gasteiger charge is -2.34. The van der Waals surface area contributed by atoms with Gasteiger partial charge in [-0.1, -0.05) is 194 Å². The number of rotatable bonds is 6. The van der Waals surface area contributed by atoms with Gasteiger partial charge in [0.2, 0.25) is 0 Å². The first-order valence-corrected chi connectivity index (χ1v) is 21.9. The first kappa shape index (κ1) is 35.5. The van der Waals surface area contributed by atoms with Crippen molar-refractivity contribution in [3.05, 3.63) is 265 Å². The van der Waals surface area contributed by atoms with E-state index in [1.165, 1.54) is 76.8 Å². The molecule has 2 aliphatic carbocycles. The highest BCUT2D eigenvalue weighted by atomic mass is 15.2. The molecule has 2 nitrogen and oxygen atoms in total. The van der Waals surface area contributed by atoms with Crippen LogP contribution in [-0.2, 0) is 5.41 Å². The molecule has 1 unspecified atom stereocenters. The highest BCUT2D eigenvalue weighted by Gasteiger charge is 2.53. The zero-order valence-corrected chi connectivity index (χ0v) is 34.5. The van der Waals surface area contributed by atoms with E-state index in [0.29, 0.717) is 0 Å². The average Bonchev–Trinajstić information content (AvgIpc) is 3.83. The Morgan fingerprint density at radius 1 is 0.254 bits per heavy atom. The van der Waals surface area contributed by atoms with Crippen LogP contribution in [0.1, 0.15) is 22.3 Å². The number of benzene rings is 11. The smallest absolute Gasteiger partial charge is 0.0727 e. The Morgan fingerprint density at radius 2 is 0.667 bits per heavy atom. The number of fused-ring (bicyclic) bond motifs is 14. The summed E-state index contributed by atoms with van der Waals surface area (Å²) in [5.74, 6) is 0. The van der Waals surface area contributed by atoms with E-state index < -0.39 is 5.41 Å². The maximum atomic E-state index is 2.55. The van der Waals surface area contributed by atoms with Gasteiger partial charge in [0.05, 0.1) is 28.2 Å². The molecule has 11 aromatic carbocycles. The van der Waals surface area contributed by atoms with Gasteiger partial charge < -0.3 is 9.80 Å². The Bertz CT molecular complexity index is 3580. The van der Waals surface area contributed by atoms with Gasteiger partial charge in [-0.25, -0.2) is 0 Å². The summed E-state index contributed by atoms with van der Waals surface area (Å²) in [7, 11) is 0. The Balaban J connectivity index is 1.16. The first-order valence-electron chi connectivity index (χ1n) is 21.9. The minimum atomic E-state index is -0.602. The normalized spacial score (nSPS) is 14.4. The third kappa shape index (κ3) is 5.07. The molecule has 0 saturated carbocycles. The second-order valence-corrected chi connectivity index (χ2v) is 16.7. The van der Waals surface area contributed by atoms with Crippen LogP contribution in [0.3, 0.4) is 0 Å². The summed E-state index contributed by atoms with van der Waals surface area (Å²) < 4.78 is 0. The summed E-state index contributed by atoms with van der Waals surface area (Å²) in [6.07, 6.45) is 0. The van der Waals surface area contributed by atoms with Crippen LogP contribution in [0.5, 0.6) is 0 Å². The van der Waals surface area contributed by atoms with E-state index in [1.54, 1.807) is 0 Å². The van der Waals surface area contributed by atoms with Crippen molar-refractivity contribution in [2.75, 3.05) is 9.80 Å². The minimum Gasteiger partial charge on any atom is -0.309 e. The van der Waals surface area contributed by atoms with Gasteiger partial charge >= 0.3 is 0 Å². The molecule has 2 heteroatoms. The maximum Gasteiger partial charge on any atom is 0.0727 e. The molecule has 11 aromatic rings. The van der Waals surface area contributed by atoms with Crippen molar-refractivity contribution >= 4 is 66.4 Å². The predicted molar refractivity (Wildman–Crippen MR) is 265 cm³/mol. The molecule has 0 heterocycles. The molecule has 294 valence electrons. The summed E-state index contributed by atoms with van der Waals surface area (Å²) in [5, 5.41) is 7.32. The number of anilines is 6. The van der Waals surface area contributed by atoms with Gasteiger partial charge in [0, 0.05) is 33.1 Å². The third-order valence-electron chi connectivity index (χ3n) is 13.6. The Morgan fingerprint density at radius 3 is 1.27 bits per heavy atom. The lowest BCUT2D eigenvalue weighted by atomic mass is 9.70. The maximum absolute atomic E-state index is 2.55. The van der Waals surface area contributed by atoms with Crippen molar-refractivity contribution in [2.24, 2.45) is 0 Å². The molecule has 63 heavy (non-hydrogen) atoms. The molecule has 2 aliphatic rings. The van der Waals surface area contributed by atoms with E-state index in [1.807, 2.05) is 0 Å². The van der Waals surface area contributed by atoms with Crippen LogP contribution in [0.2, 0.25) is 0 Å². The van der Waals surface area contributed by atoms with Gasteiger partial charge in [0.1, 0.15) is 0 Å². The molecule has 1 spiro atoms. The number of nitrogens with zero attached hydrogens (tertiary/aromatic N) is 2. The molecule has 0 amide bonds. The SMILES string of the molecule is c1ccc(N(c2cccc3c2-c2ccccc2C32c3ccccc3-c3c2cc(N(c2ccccc2)c2cccc4ccccc24)c2ccccc32)c2cccc3ccccc23)cc1. The number of hydrogen-bond acceptors (Lipinski definition) is 2. The van der Waals surface area contributed by atoms with Crippen molar-refractivity contribution in [2.45, 2.75) is 5.41 Å². The Hall–Kier alpha value is -8.20. The molecule has 1 atom stereocenters. The van der Waals surface area contributed by atoms with Gasteiger partial charge in [-0.2, -0.15) is 0 Å². The number of para-hydroxylation sites is 2. The fourth-order valence-electron chi connectivity index (χ4n) is 11.2. The highest BCUT2D eigenvalue weighted by Crippen LogP contribution is 2.66. The number of hydrogen-bond donors (Lipinski definition) is 0. The Labute approximate surface area is 367 Å². The van der Waals surface area contributed by atoms with Gasteiger partial charge in [-0.15, -0.1) is 0 Å². The molecular weight excluding hydrogens is 761 g/mol. The van der Waals surface area contributed by atoms with Crippen LogP contribution in [0.15, 0.2) is 243 Å². The van der Waals surface area contributed by atoms with Crippen molar-refractivity contribution in [1.82, 2.24) is 0 Å². The standard InChI is InChI=1S/C61H40N2/c1-3-24-43(25-4-1)62(55-37-17-22-41-20-7-9-28-45(41)55)57-39-19-36-53-60(57)50-33-14-16-35-52(50)61(53)51-34-15-13-32-49(51)59-48-31-12-11-30-47(48)58(40-54(59)61)63(44-26-5-2-6-27-44)56-38-18-23-42-21-8-10-29-46(42)56/h1-40H. The molecular formula is C61H40N2. The summed E-state index contributed by atoms with van der Waals surface area (Å²) in [4.78, 5) is 4.99. The lowest BCUT2D eigenvalue weighted by Crippen LogP contribution is -2.26. The monoisotopic (exact) mass is 800 g/mol. The van der Waals surface area contributed by atoms with E-state index in [9.17, 15) is 0 Å². The van der Waals surface area contributed by atoms with Crippen LogP contribution >= 0.6 is 0 Å². The summed E-state index contributed by atoms with van der Waals surface area (Å²) in [6.45, 7) is 0. The van der Waals surface area contributed by atoms with E-state index in [2.05, 4.69) is 252 Å². The van der Waals surface area contributed by atoms with Crippen molar-refractivity contribution < 1.29 is 0 Å². The van der Waals surface area contributed by atoms with Crippen LogP contribution in [-0.4, -0.2) is 0 Å².